The van der Waals surface area contributed by atoms with Crippen molar-refractivity contribution in [2.45, 2.75) is 6.42 Å². The number of carbonyl (C=O) groups is 2. The number of rotatable bonds is 7. The molecule has 1 heterocycles. The maximum atomic E-state index is 11.3. The highest BCUT2D eigenvalue weighted by Crippen LogP contribution is 1.95. The lowest BCUT2D eigenvalue weighted by Gasteiger charge is -2.26. The van der Waals surface area contributed by atoms with Gasteiger partial charge in [0, 0.05) is 26.9 Å². The molecule has 0 radical (unpaired) electrons. The van der Waals surface area contributed by atoms with E-state index in [0.717, 1.165) is 6.42 Å². The summed E-state index contributed by atoms with van der Waals surface area (Å²) in [5.74, 6) is -0.168. The van der Waals surface area contributed by atoms with Crippen LogP contribution in [-0.4, -0.2) is 63.3 Å². The second-order valence-electron chi connectivity index (χ2n) is 3.55. The molecule has 0 aliphatic carbocycles. The molecule has 0 aromatic rings. The van der Waals surface area contributed by atoms with E-state index < -0.39 is 0 Å². The third-order valence-electron chi connectivity index (χ3n) is 2.27. The van der Waals surface area contributed by atoms with Crippen LogP contribution in [0.2, 0.25) is 0 Å². The third kappa shape index (κ3) is 4.59. The van der Waals surface area contributed by atoms with E-state index in [1.807, 2.05) is 0 Å². The van der Waals surface area contributed by atoms with Gasteiger partial charge in [-0.25, -0.2) is 0 Å². The van der Waals surface area contributed by atoms with Crippen LogP contribution in [0.3, 0.4) is 0 Å². The smallest absolute Gasteiger partial charge is 0.242 e. The van der Waals surface area contributed by atoms with Crippen molar-refractivity contribution in [2.75, 3.05) is 46.6 Å². The first-order chi connectivity index (χ1) is 7.74. The maximum absolute atomic E-state index is 11.3. The van der Waals surface area contributed by atoms with Gasteiger partial charge in [0.2, 0.25) is 11.8 Å². The fourth-order valence-corrected chi connectivity index (χ4v) is 1.39. The first-order valence-corrected chi connectivity index (χ1v) is 5.35. The molecule has 1 N–H and O–H groups in total. The van der Waals surface area contributed by atoms with E-state index in [1.54, 1.807) is 7.11 Å². The van der Waals surface area contributed by atoms with E-state index in [1.165, 1.54) is 4.90 Å². The molecule has 0 saturated carbocycles. The lowest BCUT2D eigenvalue weighted by atomic mass is 10.3. The van der Waals surface area contributed by atoms with Crippen molar-refractivity contribution in [2.24, 2.45) is 0 Å². The van der Waals surface area contributed by atoms with E-state index in [0.29, 0.717) is 26.4 Å². The van der Waals surface area contributed by atoms with Crippen molar-refractivity contribution in [1.29, 1.82) is 0 Å². The quantitative estimate of drug-likeness (QED) is 0.569. The molecule has 0 aromatic heterocycles. The Morgan fingerprint density at radius 1 is 1.31 bits per heavy atom. The molecule has 1 rings (SSSR count). The van der Waals surface area contributed by atoms with Crippen molar-refractivity contribution < 1.29 is 19.1 Å². The molecule has 0 spiro atoms. The molecule has 0 atom stereocenters. The van der Waals surface area contributed by atoms with Gasteiger partial charge in [0.05, 0.1) is 19.7 Å². The Bertz CT molecular complexity index is 245. The summed E-state index contributed by atoms with van der Waals surface area (Å²) < 4.78 is 10.2. The van der Waals surface area contributed by atoms with Gasteiger partial charge >= 0.3 is 0 Å². The van der Waals surface area contributed by atoms with E-state index in [2.05, 4.69) is 5.32 Å². The van der Waals surface area contributed by atoms with Crippen molar-refractivity contribution in [3.8, 4) is 0 Å². The zero-order valence-corrected chi connectivity index (χ0v) is 9.53. The number of methoxy groups -OCH3 is 1. The zero-order valence-electron chi connectivity index (χ0n) is 9.53. The van der Waals surface area contributed by atoms with Gasteiger partial charge in [-0.1, -0.05) is 0 Å². The summed E-state index contributed by atoms with van der Waals surface area (Å²) in [5, 5.41) is 2.49. The number of ether oxygens (including phenoxy) is 2. The normalized spacial score (nSPS) is 16.4. The van der Waals surface area contributed by atoms with Gasteiger partial charge in [0.15, 0.2) is 0 Å². The highest BCUT2D eigenvalue weighted by atomic mass is 16.5. The first kappa shape index (κ1) is 12.9. The molecule has 1 saturated heterocycles. The Labute approximate surface area is 94.9 Å². The van der Waals surface area contributed by atoms with E-state index in [9.17, 15) is 9.59 Å². The summed E-state index contributed by atoms with van der Waals surface area (Å²) in [7, 11) is 1.64. The van der Waals surface area contributed by atoms with Gasteiger partial charge in [0.25, 0.3) is 0 Å². The maximum Gasteiger partial charge on any atom is 0.242 e. The molecule has 1 aliphatic rings. The fraction of sp³-hybridized carbons (Fsp3) is 0.800. The van der Waals surface area contributed by atoms with E-state index in [-0.39, 0.29) is 24.9 Å². The summed E-state index contributed by atoms with van der Waals surface area (Å²) in [6.07, 6.45) is 0.838. The van der Waals surface area contributed by atoms with Crippen molar-refractivity contribution in [1.82, 2.24) is 10.2 Å². The lowest BCUT2D eigenvalue weighted by molar-refractivity contribution is -0.141. The highest BCUT2D eigenvalue weighted by Gasteiger charge is 2.22. The molecule has 92 valence electrons. The van der Waals surface area contributed by atoms with Gasteiger partial charge < -0.3 is 19.7 Å². The third-order valence-corrected chi connectivity index (χ3v) is 2.27. The summed E-state index contributed by atoms with van der Waals surface area (Å²) >= 11 is 0. The van der Waals surface area contributed by atoms with Crippen molar-refractivity contribution in [3.05, 3.63) is 0 Å². The van der Waals surface area contributed by atoms with Gasteiger partial charge in [-0.3, -0.25) is 9.59 Å². The summed E-state index contributed by atoms with van der Waals surface area (Å²) in [6.45, 7) is 2.46. The minimum atomic E-state index is -0.112. The molecule has 6 heteroatoms. The number of hydrogen-bond acceptors (Lipinski definition) is 4. The Morgan fingerprint density at radius 2 is 2.12 bits per heavy atom. The molecule has 16 heavy (non-hydrogen) atoms. The molecule has 0 unspecified atom stereocenters. The molecule has 0 aromatic carbocycles. The van der Waals surface area contributed by atoms with E-state index >= 15 is 0 Å². The summed E-state index contributed by atoms with van der Waals surface area (Å²) in [6, 6.07) is 0. The Kier molecular flexibility index (Phi) is 5.81. The minimum absolute atomic E-state index is 0.0555. The number of nitrogens with zero attached hydrogens (tertiary/aromatic N) is 1. The predicted molar refractivity (Wildman–Crippen MR) is 56.9 cm³/mol. The highest BCUT2D eigenvalue weighted by molar-refractivity contribution is 5.92. The Hall–Kier alpha value is -1.14. The van der Waals surface area contributed by atoms with Gasteiger partial charge in [-0.2, -0.15) is 0 Å². The first-order valence-electron chi connectivity index (χ1n) is 5.35. The predicted octanol–water partition coefficient (Wildman–Crippen LogP) is -1.00. The second-order valence-corrected chi connectivity index (χ2v) is 3.55. The van der Waals surface area contributed by atoms with Crippen LogP contribution in [-0.2, 0) is 19.1 Å². The van der Waals surface area contributed by atoms with Crippen LogP contribution in [0.1, 0.15) is 6.42 Å². The van der Waals surface area contributed by atoms with Crippen LogP contribution in [0.4, 0.5) is 0 Å². The number of nitrogens with one attached hydrogen (secondary N) is 1. The topological polar surface area (TPSA) is 67.9 Å². The summed E-state index contributed by atoms with van der Waals surface area (Å²) in [5.41, 5.74) is 0. The number of carbonyl (C=O) groups excluding carboxylic acids is 2. The number of hydrogen-bond donors (Lipinski definition) is 1. The van der Waals surface area contributed by atoms with Crippen LogP contribution in [0.25, 0.3) is 0 Å². The standard InChI is InChI=1S/C10H18N2O4/c1-15-4-2-5-16-6-3-12-8-9(13)11-7-10(12)14/h2-8H2,1H3,(H,11,13). The Balaban J connectivity index is 2.07. The van der Waals surface area contributed by atoms with Gasteiger partial charge in [0.1, 0.15) is 0 Å². The van der Waals surface area contributed by atoms with E-state index in [4.69, 9.17) is 9.47 Å². The largest absolute Gasteiger partial charge is 0.385 e. The number of piperazine rings is 1. The SMILES string of the molecule is COCCCOCCN1CC(=O)NCC1=O. The molecule has 2 amide bonds. The summed E-state index contributed by atoms with van der Waals surface area (Å²) in [4.78, 5) is 23.9. The van der Waals surface area contributed by atoms with Crippen LogP contribution in [0.15, 0.2) is 0 Å². The number of amides is 2. The zero-order chi connectivity index (χ0) is 11.8. The lowest BCUT2D eigenvalue weighted by Crippen LogP contribution is -2.52. The van der Waals surface area contributed by atoms with Crippen LogP contribution in [0, 0.1) is 0 Å². The second kappa shape index (κ2) is 7.19. The van der Waals surface area contributed by atoms with Crippen LogP contribution in [0.5, 0.6) is 0 Å². The Morgan fingerprint density at radius 3 is 2.88 bits per heavy atom. The fourth-order valence-electron chi connectivity index (χ4n) is 1.39. The average molecular weight is 230 g/mol. The van der Waals surface area contributed by atoms with Crippen LogP contribution >= 0.6 is 0 Å². The molecule has 1 aliphatic heterocycles. The molecular weight excluding hydrogens is 212 g/mol. The van der Waals surface area contributed by atoms with Gasteiger partial charge in [-0.15, -0.1) is 0 Å². The molecular formula is C10H18N2O4. The monoisotopic (exact) mass is 230 g/mol. The van der Waals surface area contributed by atoms with Gasteiger partial charge in [-0.05, 0) is 6.42 Å². The molecule has 1 fully saturated rings. The van der Waals surface area contributed by atoms with Crippen molar-refractivity contribution >= 4 is 11.8 Å². The van der Waals surface area contributed by atoms with Crippen molar-refractivity contribution in [3.63, 3.8) is 0 Å². The van der Waals surface area contributed by atoms with Crippen LogP contribution < -0.4 is 5.32 Å². The minimum Gasteiger partial charge on any atom is -0.385 e. The molecule has 6 nitrogen and oxygen atoms in total. The average Bonchev–Trinajstić information content (AvgIpc) is 2.28. The molecule has 0 bridgehead atoms.